The Morgan fingerprint density at radius 3 is 2.32 bits per heavy atom. The fourth-order valence-electron chi connectivity index (χ4n) is 2.80. The zero-order valence-electron chi connectivity index (χ0n) is 17.4. The van der Waals surface area contributed by atoms with E-state index in [9.17, 15) is 9.59 Å². The minimum absolute atomic E-state index is 0.0515. The van der Waals surface area contributed by atoms with Crippen LogP contribution in [-0.4, -0.2) is 39.2 Å². The van der Waals surface area contributed by atoms with Crippen LogP contribution in [0.25, 0.3) is 6.08 Å². The summed E-state index contributed by atoms with van der Waals surface area (Å²) in [5.41, 5.74) is 1.02. The molecule has 0 saturated carbocycles. The first-order valence-electron chi connectivity index (χ1n) is 9.23. The van der Waals surface area contributed by atoms with Crippen molar-refractivity contribution in [3.8, 4) is 23.0 Å². The second-order valence-corrected chi connectivity index (χ2v) is 7.18. The summed E-state index contributed by atoms with van der Waals surface area (Å²) in [4.78, 5) is 28.5. The van der Waals surface area contributed by atoms with Crippen molar-refractivity contribution in [1.29, 1.82) is 0 Å². The lowest BCUT2D eigenvalue weighted by Gasteiger charge is -2.13. The van der Waals surface area contributed by atoms with E-state index in [0.29, 0.717) is 34.1 Å². The average molecular weight is 490 g/mol. The Hall–Kier alpha value is -3.33. The topological polar surface area (TPSA) is 92.7 Å². The third kappa shape index (κ3) is 4.88. The third-order valence-electron chi connectivity index (χ3n) is 4.31. The highest BCUT2D eigenvalue weighted by Crippen LogP contribution is 2.39. The van der Waals surface area contributed by atoms with E-state index in [2.05, 4.69) is 20.9 Å². The number of rotatable bonds is 7. The SMILES string of the molecule is CCC(=O)Oc1ccc(Br)cc1/C=C1\N=C(c2cc(OC)c(OC)c(OC)c2)OC1=O. The van der Waals surface area contributed by atoms with Crippen molar-refractivity contribution >= 4 is 39.8 Å². The molecule has 8 nitrogen and oxygen atoms in total. The Morgan fingerprint density at radius 1 is 1.06 bits per heavy atom. The van der Waals surface area contributed by atoms with Gasteiger partial charge < -0.3 is 23.7 Å². The molecule has 0 aromatic heterocycles. The largest absolute Gasteiger partial charge is 0.493 e. The first kappa shape index (κ1) is 22.4. The Bertz CT molecular complexity index is 1070. The molecule has 162 valence electrons. The number of ether oxygens (including phenoxy) is 5. The van der Waals surface area contributed by atoms with Gasteiger partial charge in [0.15, 0.2) is 17.2 Å². The van der Waals surface area contributed by atoms with E-state index in [0.717, 1.165) is 4.47 Å². The highest BCUT2D eigenvalue weighted by molar-refractivity contribution is 9.10. The van der Waals surface area contributed by atoms with Crippen molar-refractivity contribution in [3.05, 3.63) is 51.6 Å². The molecule has 1 aliphatic heterocycles. The molecular formula is C22H20BrNO7. The van der Waals surface area contributed by atoms with Crippen LogP contribution in [0.2, 0.25) is 0 Å². The molecule has 0 atom stereocenters. The van der Waals surface area contributed by atoms with Gasteiger partial charge in [0.2, 0.25) is 11.6 Å². The van der Waals surface area contributed by atoms with E-state index in [-0.39, 0.29) is 18.0 Å². The van der Waals surface area contributed by atoms with Gasteiger partial charge in [-0.1, -0.05) is 22.9 Å². The molecule has 31 heavy (non-hydrogen) atoms. The molecule has 0 amide bonds. The smallest absolute Gasteiger partial charge is 0.363 e. The first-order chi connectivity index (χ1) is 14.9. The summed E-state index contributed by atoms with van der Waals surface area (Å²) in [5, 5.41) is 0. The second kappa shape index (κ2) is 9.65. The maximum atomic E-state index is 12.5. The minimum Gasteiger partial charge on any atom is -0.493 e. The van der Waals surface area contributed by atoms with E-state index in [1.165, 1.54) is 27.4 Å². The molecule has 0 N–H and O–H groups in total. The summed E-state index contributed by atoms with van der Waals surface area (Å²) in [6.45, 7) is 1.70. The van der Waals surface area contributed by atoms with E-state index in [1.807, 2.05) is 0 Å². The van der Waals surface area contributed by atoms with Crippen LogP contribution in [0.15, 0.2) is 45.5 Å². The number of benzene rings is 2. The van der Waals surface area contributed by atoms with E-state index in [4.69, 9.17) is 23.7 Å². The molecule has 2 aromatic rings. The molecule has 0 radical (unpaired) electrons. The van der Waals surface area contributed by atoms with Crippen LogP contribution in [0.4, 0.5) is 0 Å². The van der Waals surface area contributed by atoms with Crippen LogP contribution >= 0.6 is 15.9 Å². The number of hydrogen-bond donors (Lipinski definition) is 0. The fraction of sp³-hybridized carbons (Fsp3) is 0.227. The predicted molar refractivity (Wildman–Crippen MR) is 117 cm³/mol. The average Bonchev–Trinajstić information content (AvgIpc) is 3.14. The summed E-state index contributed by atoms with van der Waals surface area (Å²) in [7, 11) is 4.47. The van der Waals surface area contributed by atoms with Gasteiger partial charge in [-0.05, 0) is 36.4 Å². The van der Waals surface area contributed by atoms with Crippen molar-refractivity contribution in [1.82, 2.24) is 0 Å². The standard InChI is InChI=1S/C22H20BrNO7/c1-5-19(25)30-16-7-6-14(23)8-12(16)9-15-22(26)31-21(24-15)13-10-17(27-2)20(29-4)18(11-13)28-3/h6-11H,5H2,1-4H3/b15-9-. The van der Waals surface area contributed by atoms with Gasteiger partial charge >= 0.3 is 11.9 Å². The molecule has 0 unspecified atom stereocenters. The van der Waals surface area contributed by atoms with Gasteiger partial charge in [-0.15, -0.1) is 0 Å². The van der Waals surface area contributed by atoms with E-state index in [1.54, 1.807) is 37.3 Å². The quantitative estimate of drug-likeness (QED) is 0.327. The fourth-order valence-corrected chi connectivity index (χ4v) is 3.18. The number of cyclic esters (lactones) is 1. The van der Waals surface area contributed by atoms with Crippen molar-refractivity contribution in [2.45, 2.75) is 13.3 Å². The molecule has 0 spiro atoms. The second-order valence-electron chi connectivity index (χ2n) is 6.26. The molecule has 3 rings (SSSR count). The molecule has 0 aliphatic carbocycles. The van der Waals surface area contributed by atoms with Crippen LogP contribution < -0.4 is 18.9 Å². The van der Waals surface area contributed by atoms with Gasteiger partial charge in [-0.3, -0.25) is 4.79 Å². The van der Waals surface area contributed by atoms with Crippen LogP contribution in [-0.2, 0) is 14.3 Å². The number of carbonyl (C=O) groups is 2. The van der Waals surface area contributed by atoms with Gasteiger partial charge in [-0.25, -0.2) is 9.79 Å². The first-order valence-corrected chi connectivity index (χ1v) is 10.0. The number of carbonyl (C=O) groups excluding carboxylic acids is 2. The van der Waals surface area contributed by atoms with E-state index >= 15 is 0 Å². The molecule has 0 fully saturated rings. The van der Waals surface area contributed by atoms with Gasteiger partial charge in [0.1, 0.15) is 5.75 Å². The number of nitrogens with zero attached hydrogens (tertiary/aromatic N) is 1. The summed E-state index contributed by atoms with van der Waals surface area (Å²) >= 11 is 3.38. The van der Waals surface area contributed by atoms with Gasteiger partial charge in [0.25, 0.3) is 0 Å². The van der Waals surface area contributed by atoms with Gasteiger partial charge in [-0.2, -0.15) is 0 Å². The molecule has 2 aromatic carbocycles. The third-order valence-corrected chi connectivity index (χ3v) is 4.80. The lowest BCUT2D eigenvalue weighted by atomic mass is 10.1. The van der Waals surface area contributed by atoms with Crippen molar-refractivity contribution in [3.63, 3.8) is 0 Å². The molecule has 1 heterocycles. The zero-order chi connectivity index (χ0) is 22.5. The van der Waals surface area contributed by atoms with Gasteiger partial charge in [0.05, 0.1) is 21.3 Å². The van der Waals surface area contributed by atoms with Crippen LogP contribution in [0.3, 0.4) is 0 Å². The van der Waals surface area contributed by atoms with Crippen molar-refractivity contribution in [2.24, 2.45) is 4.99 Å². The van der Waals surface area contributed by atoms with Crippen LogP contribution in [0.1, 0.15) is 24.5 Å². The predicted octanol–water partition coefficient (Wildman–Crippen LogP) is 4.13. The molecule has 9 heteroatoms. The van der Waals surface area contributed by atoms with Crippen LogP contribution in [0, 0.1) is 0 Å². The Labute approximate surface area is 187 Å². The van der Waals surface area contributed by atoms with Crippen molar-refractivity contribution in [2.75, 3.05) is 21.3 Å². The monoisotopic (exact) mass is 489 g/mol. The van der Waals surface area contributed by atoms with Gasteiger partial charge in [0, 0.05) is 22.0 Å². The summed E-state index contributed by atoms with van der Waals surface area (Å²) in [6.07, 6.45) is 1.72. The Balaban J connectivity index is 2.03. The zero-order valence-corrected chi connectivity index (χ0v) is 18.9. The summed E-state index contributed by atoms with van der Waals surface area (Å²) in [5.74, 6) is 0.562. The van der Waals surface area contributed by atoms with E-state index < -0.39 is 11.9 Å². The molecule has 0 bridgehead atoms. The summed E-state index contributed by atoms with van der Waals surface area (Å²) < 4.78 is 27.4. The normalized spacial score (nSPS) is 14.2. The Kier molecular flexibility index (Phi) is 6.96. The number of hydrogen-bond acceptors (Lipinski definition) is 8. The minimum atomic E-state index is -0.642. The Morgan fingerprint density at radius 2 is 1.74 bits per heavy atom. The maximum Gasteiger partial charge on any atom is 0.363 e. The van der Waals surface area contributed by atoms with Crippen LogP contribution in [0.5, 0.6) is 23.0 Å². The summed E-state index contributed by atoms with van der Waals surface area (Å²) in [6, 6.07) is 8.34. The number of halogens is 1. The lowest BCUT2D eigenvalue weighted by Crippen LogP contribution is -2.07. The number of methoxy groups -OCH3 is 3. The lowest BCUT2D eigenvalue weighted by molar-refractivity contribution is -0.134. The number of aliphatic imine (C=N–C) groups is 1. The number of esters is 2. The molecule has 0 saturated heterocycles. The molecule has 1 aliphatic rings. The molecular weight excluding hydrogens is 470 g/mol. The highest BCUT2D eigenvalue weighted by Gasteiger charge is 2.27. The maximum absolute atomic E-state index is 12.5. The highest BCUT2D eigenvalue weighted by atomic mass is 79.9. The van der Waals surface area contributed by atoms with Crippen molar-refractivity contribution < 1.29 is 33.3 Å².